The molecule has 1 aromatic carbocycles. The van der Waals surface area contributed by atoms with Gasteiger partial charge in [0.05, 0.1) is 16.8 Å². The molecule has 0 spiro atoms. The van der Waals surface area contributed by atoms with E-state index in [1.54, 1.807) is 4.90 Å². The highest BCUT2D eigenvalue weighted by Gasteiger charge is 2.48. The molecule has 1 aromatic rings. The minimum atomic E-state index is -1.41. The van der Waals surface area contributed by atoms with Gasteiger partial charge in [-0.15, -0.1) is 0 Å². The van der Waals surface area contributed by atoms with Crippen LogP contribution >= 0.6 is 0 Å². The van der Waals surface area contributed by atoms with Gasteiger partial charge < -0.3 is 10.2 Å². The summed E-state index contributed by atoms with van der Waals surface area (Å²) in [5.41, 5.74) is -0.748. The van der Waals surface area contributed by atoms with Crippen molar-refractivity contribution in [2.45, 2.75) is 18.9 Å². The normalized spacial score (nSPS) is 23.0. The van der Waals surface area contributed by atoms with Gasteiger partial charge in [-0.3, -0.25) is 29.4 Å². The SMILES string of the molecule is O=C1CCC(N2C(=O)c3c(N4CCNCC4)cc(F)c(F)c3C2=O)C(=O)N1. The highest BCUT2D eigenvalue weighted by Crippen LogP contribution is 2.37. The summed E-state index contributed by atoms with van der Waals surface area (Å²) in [5.74, 6) is -5.85. The number of piperazine rings is 1. The van der Waals surface area contributed by atoms with Crippen LogP contribution in [0.25, 0.3) is 0 Å². The van der Waals surface area contributed by atoms with E-state index in [1.807, 2.05) is 0 Å². The summed E-state index contributed by atoms with van der Waals surface area (Å²) in [6.45, 7) is 2.09. The van der Waals surface area contributed by atoms with E-state index in [9.17, 15) is 28.0 Å². The van der Waals surface area contributed by atoms with E-state index in [2.05, 4.69) is 10.6 Å². The maximum Gasteiger partial charge on any atom is 0.265 e. The van der Waals surface area contributed by atoms with E-state index in [0.717, 1.165) is 6.07 Å². The Bertz CT molecular complexity index is 882. The molecule has 0 aromatic heterocycles. The first-order valence-electron chi connectivity index (χ1n) is 8.59. The first-order valence-corrected chi connectivity index (χ1v) is 8.59. The van der Waals surface area contributed by atoms with Gasteiger partial charge in [0.15, 0.2) is 11.6 Å². The molecule has 1 unspecified atom stereocenters. The molecule has 3 heterocycles. The quantitative estimate of drug-likeness (QED) is 0.691. The Hall–Kier alpha value is -2.88. The van der Waals surface area contributed by atoms with Crippen molar-refractivity contribution in [3.63, 3.8) is 0 Å². The maximum absolute atomic E-state index is 14.4. The second kappa shape index (κ2) is 6.38. The molecule has 2 N–H and O–H groups in total. The predicted molar refractivity (Wildman–Crippen MR) is 88.1 cm³/mol. The molecule has 0 saturated carbocycles. The minimum absolute atomic E-state index is 0.0503. The molecule has 4 rings (SSSR count). The van der Waals surface area contributed by atoms with Crippen LogP contribution in [0.15, 0.2) is 6.07 Å². The van der Waals surface area contributed by atoms with E-state index in [1.165, 1.54) is 0 Å². The third-order valence-electron chi connectivity index (χ3n) is 5.04. The van der Waals surface area contributed by atoms with Crippen LogP contribution in [0, 0.1) is 11.6 Å². The number of carbonyl (C=O) groups is 4. The topological polar surface area (TPSA) is 98.8 Å². The number of nitrogens with zero attached hydrogens (tertiary/aromatic N) is 2. The van der Waals surface area contributed by atoms with Crippen molar-refractivity contribution in [3.8, 4) is 0 Å². The number of amides is 4. The number of halogens is 2. The third kappa shape index (κ3) is 2.67. The summed E-state index contributed by atoms with van der Waals surface area (Å²) in [5, 5.41) is 5.18. The van der Waals surface area contributed by atoms with Crippen molar-refractivity contribution in [3.05, 3.63) is 28.8 Å². The van der Waals surface area contributed by atoms with Crippen LogP contribution in [-0.4, -0.2) is 60.7 Å². The van der Waals surface area contributed by atoms with Crippen molar-refractivity contribution < 1.29 is 28.0 Å². The molecular weight excluding hydrogens is 362 g/mol. The fraction of sp³-hybridized carbons (Fsp3) is 0.412. The number of nitrogens with one attached hydrogen (secondary N) is 2. The molecule has 0 aliphatic carbocycles. The van der Waals surface area contributed by atoms with Crippen molar-refractivity contribution in [1.29, 1.82) is 0 Å². The molecule has 8 nitrogen and oxygen atoms in total. The Labute approximate surface area is 152 Å². The monoisotopic (exact) mass is 378 g/mol. The molecule has 142 valence electrons. The predicted octanol–water partition coefficient (Wildman–Crippen LogP) is -0.224. The summed E-state index contributed by atoms with van der Waals surface area (Å²) in [6.07, 6.45) is -0.103. The number of imide groups is 2. The van der Waals surface area contributed by atoms with Gasteiger partial charge in [-0.25, -0.2) is 8.78 Å². The highest BCUT2D eigenvalue weighted by molar-refractivity contribution is 6.25. The first-order chi connectivity index (χ1) is 12.9. The number of benzene rings is 1. The highest BCUT2D eigenvalue weighted by atomic mass is 19.2. The molecule has 2 saturated heterocycles. The molecule has 4 amide bonds. The number of rotatable bonds is 2. The van der Waals surface area contributed by atoms with Gasteiger partial charge in [0, 0.05) is 38.7 Å². The first kappa shape index (κ1) is 17.5. The number of carbonyl (C=O) groups excluding carboxylic acids is 4. The van der Waals surface area contributed by atoms with E-state index in [4.69, 9.17) is 0 Å². The van der Waals surface area contributed by atoms with Crippen LogP contribution in [0.2, 0.25) is 0 Å². The number of fused-ring (bicyclic) bond motifs is 1. The Kier molecular flexibility index (Phi) is 4.14. The number of hydrogen-bond acceptors (Lipinski definition) is 6. The summed E-state index contributed by atoms with van der Waals surface area (Å²) in [4.78, 5) is 51.5. The molecule has 2 fully saturated rings. The zero-order valence-corrected chi connectivity index (χ0v) is 14.2. The number of piperidine rings is 1. The Morgan fingerprint density at radius 1 is 1.00 bits per heavy atom. The lowest BCUT2D eigenvalue weighted by atomic mass is 10.0. The van der Waals surface area contributed by atoms with Crippen LogP contribution in [0.3, 0.4) is 0 Å². The molecular formula is C17H16F2N4O4. The van der Waals surface area contributed by atoms with Crippen molar-refractivity contribution >= 4 is 29.3 Å². The van der Waals surface area contributed by atoms with Gasteiger partial charge in [0.1, 0.15) is 6.04 Å². The molecule has 3 aliphatic rings. The van der Waals surface area contributed by atoms with Crippen molar-refractivity contribution in [1.82, 2.24) is 15.5 Å². The molecule has 3 aliphatic heterocycles. The van der Waals surface area contributed by atoms with Gasteiger partial charge in [0.25, 0.3) is 11.8 Å². The molecule has 0 bridgehead atoms. The second-order valence-corrected chi connectivity index (χ2v) is 6.63. The zero-order chi connectivity index (χ0) is 19.3. The lowest BCUT2D eigenvalue weighted by molar-refractivity contribution is -0.136. The molecule has 27 heavy (non-hydrogen) atoms. The Morgan fingerprint density at radius 2 is 1.67 bits per heavy atom. The van der Waals surface area contributed by atoms with Gasteiger partial charge in [-0.2, -0.15) is 0 Å². The molecule has 10 heteroatoms. The lowest BCUT2D eigenvalue weighted by Crippen LogP contribution is -2.54. The second-order valence-electron chi connectivity index (χ2n) is 6.63. The van der Waals surface area contributed by atoms with Crippen LogP contribution < -0.4 is 15.5 Å². The van der Waals surface area contributed by atoms with E-state index < -0.39 is 46.9 Å². The summed E-state index contributed by atoms with van der Waals surface area (Å²) in [6, 6.07) is -0.313. The summed E-state index contributed by atoms with van der Waals surface area (Å²) >= 11 is 0. The van der Waals surface area contributed by atoms with Crippen LogP contribution in [0.5, 0.6) is 0 Å². The number of anilines is 1. The molecule has 0 radical (unpaired) electrons. The lowest BCUT2D eigenvalue weighted by Gasteiger charge is -2.31. The van der Waals surface area contributed by atoms with E-state index in [-0.39, 0.29) is 24.1 Å². The van der Waals surface area contributed by atoms with Crippen LogP contribution in [0.1, 0.15) is 33.6 Å². The average Bonchev–Trinajstić information content (AvgIpc) is 2.90. The average molecular weight is 378 g/mol. The van der Waals surface area contributed by atoms with E-state index in [0.29, 0.717) is 31.1 Å². The smallest absolute Gasteiger partial charge is 0.265 e. The van der Waals surface area contributed by atoms with Gasteiger partial charge in [-0.05, 0) is 6.42 Å². The summed E-state index contributed by atoms with van der Waals surface area (Å²) < 4.78 is 28.6. The van der Waals surface area contributed by atoms with Crippen LogP contribution in [-0.2, 0) is 9.59 Å². The fourth-order valence-corrected chi connectivity index (χ4v) is 3.73. The van der Waals surface area contributed by atoms with Gasteiger partial charge in [-0.1, -0.05) is 0 Å². The van der Waals surface area contributed by atoms with Gasteiger partial charge in [0.2, 0.25) is 11.8 Å². The number of hydrogen-bond donors (Lipinski definition) is 2. The van der Waals surface area contributed by atoms with Crippen LogP contribution in [0.4, 0.5) is 14.5 Å². The zero-order valence-electron chi connectivity index (χ0n) is 14.2. The minimum Gasteiger partial charge on any atom is -0.368 e. The summed E-state index contributed by atoms with van der Waals surface area (Å²) in [7, 11) is 0. The van der Waals surface area contributed by atoms with Gasteiger partial charge >= 0.3 is 0 Å². The molecule has 1 atom stereocenters. The maximum atomic E-state index is 14.4. The third-order valence-corrected chi connectivity index (χ3v) is 5.04. The van der Waals surface area contributed by atoms with E-state index >= 15 is 0 Å². The van der Waals surface area contributed by atoms with Crippen molar-refractivity contribution in [2.24, 2.45) is 0 Å². The Morgan fingerprint density at radius 3 is 2.33 bits per heavy atom. The van der Waals surface area contributed by atoms with Crippen molar-refractivity contribution in [2.75, 3.05) is 31.1 Å². The Balaban J connectivity index is 1.79. The largest absolute Gasteiger partial charge is 0.368 e. The standard InChI is InChI=1S/C17H16F2N4O4/c18-8-7-10(22-5-3-20-4-6-22)12-13(14(8)19)17(27)23(16(12)26)9-1-2-11(24)21-15(9)25/h7,9,20H,1-6H2,(H,21,24,25). The fourth-order valence-electron chi connectivity index (χ4n) is 3.73.